The number of halogens is 1. The first-order valence-electron chi connectivity index (χ1n) is 4.70. The summed E-state index contributed by atoms with van der Waals surface area (Å²) >= 11 is 5.66. The van der Waals surface area contributed by atoms with Crippen LogP contribution < -0.4 is 4.74 Å². The van der Waals surface area contributed by atoms with Crippen molar-refractivity contribution in [1.29, 1.82) is 0 Å². The van der Waals surface area contributed by atoms with Gasteiger partial charge in [-0.05, 0) is 24.3 Å². The van der Waals surface area contributed by atoms with Crippen LogP contribution in [0.1, 0.15) is 0 Å². The van der Waals surface area contributed by atoms with E-state index < -0.39 is 21.6 Å². The highest BCUT2D eigenvalue weighted by atomic mass is 35.5. The monoisotopic (exact) mass is 278 g/mol. The van der Waals surface area contributed by atoms with E-state index in [2.05, 4.69) is 0 Å². The van der Waals surface area contributed by atoms with Gasteiger partial charge in [-0.2, -0.15) is 0 Å². The lowest BCUT2D eigenvalue weighted by atomic mass is 10.3. The van der Waals surface area contributed by atoms with Gasteiger partial charge in [0.2, 0.25) is 0 Å². The number of carboxylic acids is 1. The fourth-order valence-electron chi connectivity index (χ4n) is 1.08. The Kier molecular flexibility index (Phi) is 4.77. The molecule has 0 saturated carbocycles. The molecule has 0 heterocycles. The zero-order valence-electron chi connectivity index (χ0n) is 8.80. The summed E-state index contributed by atoms with van der Waals surface area (Å²) in [4.78, 5) is 10.3. The SMILES string of the molecule is O=C(O)CS(=O)(=O)CCOc1ccc(Cl)cc1. The molecule has 1 rings (SSSR count). The van der Waals surface area contributed by atoms with Crippen LogP contribution in [0.25, 0.3) is 0 Å². The number of aliphatic carboxylic acids is 1. The molecule has 7 heteroatoms. The second-order valence-corrected chi connectivity index (χ2v) is 5.91. The third kappa shape index (κ3) is 5.55. The molecule has 0 spiro atoms. The van der Waals surface area contributed by atoms with Gasteiger partial charge in [0.1, 0.15) is 18.1 Å². The summed E-state index contributed by atoms with van der Waals surface area (Å²) in [7, 11) is -3.61. The molecule has 5 nitrogen and oxygen atoms in total. The normalized spacial score (nSPS) is 11.1. The molecule has 0 fully saturated rings. The lowest BCUT2D eigenvalue weighted by Gasteiger charge is -2.05. The third-order valence-electron chi connectivity index (χ3n) is 1.82. The van der Waals surface area contributed by atoms with Gasteiger partial charge >= 0.3 is 5.97 Å². The first kappa shape index (κ1) is 13.8. The lowest BCUT2D eigenvalue weighted by Crippen LogP contribution is -2.21. The zero-order valence-corrected chi connectivity index (χ0v) is 10.4. The number of carbonyl (C=O) groups is 1. The molecule has 0 unspecified atom stereocenters. The number of ether oxygens (including phenoxy) is 1. The summed E-state index contributed by atoms with van der Waals surface area (Å²) in [5.41, 5.74) is 0. The Hall–Kier alpha value is -1.27. The number of hydrogen-bond donors (Lipinski definition) is 1. The number of benzene rings is 1. The smallest absolute Gasteiger partial charge is 0.318 e. The van der Waals surface area contributed by atoms with E-state index >= 15 is 0 Å². The van der Waals surface area contributed by atoms with Crippen LogP contribution in [-0.4, -0.2) is 37.6 Å². The fourth-order valence-corrected chi connectivity index (χ4v) is 2.06. The minimum atomic E-state index is -3.61. The Morgan fingerprint density at radius 2 is 1.88 bits per heavy atom. The predicted octanol–water partition coefficient (Wildman–Crippen LogP) is 1.22. The van der Waals surface area contributed by atoms with E-state index in [9.17, 15) is 13.2 Å². The topological polar surface area (TPSA) is 80.7 Å². The number of sulfone groups is 1. The first-order valence-corrected chi connectivity index (χ1v) is 6.89. The minimum Gasteiger partial charge on any atom is -0.493 e. The van der Waals surface area contributed by atoms with E-state index in [1.165, 1.54) is 0 Å². The van der Waals surface area contributed by atoms with E-state index in [4.69, 9.17) is 21.4 Å². The molecule has 0 saturated heterocycles. The van der Waals surface area contributed by atoms with Crippen molar-refractivity contribution in [2.24, 2.45) is 0 Å². The summed E-state index contributed by atoms with van der Waals surface area (Å²) in [6.45, 7) is -0.0861. The second-order valence-electron chi connectivity index (χ2n) is 3.29. The Bertz CT molecular complexity index is 480. The molecular weight excluding hydrogens is 268 g/mol. The molecule has 1 N–H and O–H groups in total. The molecular formula is C10H11ClO5S. The van der Waals surface area contributed by atoms with E-state index in [1.807, 2.05) is 0 Å². The summed E-state index contributed by atoms with van der Waals surface area (Å²) in [5.74, 6) is -2.09. The summed E-state index contributed by atoms with van der Waals surface area (Å²) in [5, 5.41) is 8.91. The van der Waals surface area contributed by atoms with Gasteiger partial charge in [-0.3, -0.25) is 4.79 Å². The highest BCUT2D eigenvalue weighted by Crippen LogP contribution is 2.15. The van der Waals surface area contributed by atoms with E-state index in [0.29, 0.717) is 10.8 Å². The van der Waals surface area contributed by atoms with Crippen molar-refractivity contribution >= 4 is 27.4 Å². The molecule has 0 aliphatic heterocycles. The van der Waals surface area contributed by atoms with Gasteiger partial charge in [-0.1, -0.05) is 11.6 Å². The van der Waals surface area contributed by atoms with Crippen LogP contribution in [0, 0.1) is 0 Å². The van der Waals surface area contributed by atoms with Crippen LogP contribution in [0.2, 0.25) is 5.02 Å². The summed E-state index contributed by atoms with van der Waals surface area (Å²) in [6, 6.07) is 6.43. The Morgan fingerprint density at radius 1 is 1.29 bits per heavy atom. The van der Waals surface area contributed by atoms with Crippen molar-refractivity contribution < 1.29 is 23.1 Å². The zero-order chi connectivity index (χ0) is 12.9. The van der Waals surface area contributed by atoms with E-state index in [0.717, 1.165) is 0 Å². The van der Waals surface area contributed by atoms with Gasteiger partial charge < -0.3 is 9.84 Å². The number of carboxylic acid groups (broad SMARTS) is 1. The van der Waals surface area contributed by atoms with Gasteiger partial charge in [0.15, 0.2) is 9.84 Å². The standard InChI is InChI=1S/C10H11ClO5S/c11-8-1-3-9(4-2-8)16-5-6-17(14,15)7-10(12)13/h1-4H,5-7H2,(H,12,13). The van der Waals surface area contributed by atoms with Crippen molar-refractivity contribution in [2.75, 3.05) is 18.1 Å². The molecule has 1 aromatic rings. The van der Waals surface area contributed by atoms with Crippen molar-refractivity contribution in [3.8, 4) is 5.75 Å². The van der Waals surface area contributed by atoms with Gasteiger partial charge in [0, 0.05) is 5.02 Å². The quantitative estimate of drug-likeness (QED) is 0.846. The van der Waals surface area contributed by atoms with Crippen molar-refractivity contribution in [2.45, 2.75) is 0 Å². The fraction of sp³-hybridized carbons (Fsp3) is 0.300. The molecule has 1 aromatic carbocycles. The highest BCUT2D eigenvalue weighted by molar-refractivity contribution is 7.92. The van der Waals surface area contributed by atoms with Gasteiger partial charge in [0.05, 0.1) is 5.75 Å². The summed E-state index contributed by atoms with van der Waals surface area (Å²) in [6.07, 6.45) is 0. The van der Waals surface area contributed by atoms with Crippen LogP contribution >= 0.6 is 11.6 Å². The van der Waals surface area contributed by atoms with Crippen molar-refractivity contribution in [3.05, 3.63) is 29.3 Å². The third-order valence-corrected chi connectivity index (χ3v) is 3.55. The van der Waals surface area contributed by atoms with Gasteiger partial charge in [0.25, 0.3) is 0 Å². The number of hydrogen-bond acceptors (Lipinski definition) is 4. The molecule has 0 aliphatic carbocycles. The molecule has 0 radical (unpaired) electrons. The van der Waals surface area contributed by atoms with Crippen LogP contribution in [0.3, 0.4) is 0 Å². The van der Waals surface area contributed by atoms with Gasteiger partial charge in [-0.15, -0.1) is 0 Å². The molecule has 0 amide bonds. The average Bonchev–Trinajstić information content (AvgIpc) is 2.18. The molecule has 0 aliphatic rings. The van der Waals surface area contributed by atoms with Crippen LogP contribution in [0.4, 0.5) is 0 Å². The first-order chi connectivity index (χ1) is 7.89. The molecule has 17 heavy (non-hydrogen) atoms. The molecule has 0 bridgehead atoms. The van der Waals surface area contributed by atoms with Crippen molar-refractivity contribution in [1.82, 2.24) is 0 Å². The second kappa shape index (κ2) is 5.88. The maximum absolute atomic E-state index is 11.2. The predicted molar refractivity (Wildman–Crippen MR) is 63.2 cm³/mol. The molecule has 0 atom stereocenters. The van der Waals surface area contributed by atoms with Gasteiger partial charge in [-0.25, -0.2) is 8.42 Å². The number of rotatable bonds is 6. The largest absolute Gasteiger partial charge is 0.493 e. The molecule has 94 valence electrons. The Balaban J connectivity index is 2.42. The van der Waals surface area contributed by atoms with E-state index in [-0.39, 0.29) is 12.4 Å². The van der Waals surface area contributed by atoms with E-state index in [1.54, 1.807) is 24.3 Å². The summed E-state index contributed by atoms with van der Waals surface area (Å²) < 4.78 is 27.6. The average molecular weight is 279 g/mol. The minimum absolute atomic E-state index is 0.0861. The Morgan fingerprint density at radius 3 is 2.41 bits per heavy atom. The Labute approximate surface area is 104 Å². The van der Waals surface area contributed by atoms with Crippen LogP contribution in [-0.2, 0) is 14.6 Å². The highest BCUT2D eigenvalue weighted by Gasteiger charge is 2.15. The maximum Gasteiger partial charge on any atom is 0.318 e. The van der Waals surface area contributed by atoms with Crippen LogP contribution in [0.15, 0.2) is 24.3 Å². The van der Waals surface area contributed by atoms with Crippen LogP contribution in [0.5, 0.6) is 5.75 Å². The maximum atomic E-state index is 11.2. The van der Waals surface area contributed by atoms with Crippen molar-refractivity contribution in [3.63, 3.8) is 0 Å². The molecule has 0 aromatic heterocycles. The lowest BCUT2D eigenvalue weighted by molar-refractivity contribution is -0.134.